The third kappa shape index (κ3) is 4.72. The van der Waals surface area contributed by atoms with Crippen LogP contribution in [-0.4, -0.2) is 30.6 Å². The third-order valence-electron chi connectivity index (χ3n) is 4.99. The zero-order valence-electron chi connectivity index (χ0n) is 16.1. The number of rotatable bonds is 5. The van der Waals surface area contributed by atoms with E-state index in [4.69, 9.17) is 0 Å². The Labute approximate surface area is 181 Å². The average molecular weight is 476 g/mol. The molecule has 4 rings (SSSR count). The molecule has 29 heavy (non-hydrogen) atoms. The first-order valence-electron chi connectivity index (χ1n) is 9.69. The average Bonchev–Trinajstić information content (AvgIpc) is 3.01. The second-order valence-corrected chi connectivity index (χ2v) is 9.45. The number of aromatic nitrogens is 4. The van der Waals surface area contributed by atoms with E-state index in [1.165, 1.54) is 36.6 Å². The molecular weight excluding hydrogens is 454 g/mol. The first-order valence-corrected chi connectivity index (χ1v) is 11.4. The van der Waals surface area contributed by atoms with E-state index in [1.807, 2.05) is 25.1 Å². The number of anilines is 1. The molecule has 9 heteroatoms. The molecule has 3 aromatic rings. The van der Waals surface area contributed by atoms with Gasteiger partial charge >= 0.3 is 5.69 Å². The smallest absolute Gasteiger partial charge is 0.324 e. The van der Waals surface area contributed by atoms with Crippen molar-refractivity contribution < 1.29 is 4.79 Å². The lowest BCUT2D eigenvalue weighted by molar-refractivity contribution is -0.117. The fourth-order valence-electron chi connectivity index (χ4n) is 3.47. The van der Waals surface area contributed by atoms with Crippen molar-refractivity contribution in [2.24, 2.45) is 0 Å². The van der Waals surface area contributed by atoms with E-state index in [1.54, 1.807) is 23.9 Å². The summed E-state index contributed by atoms with van der Waals surface area (Å²) < 4.78 is 3.40. The summed E-state index contributed by atoms with van der Waals surface area (Å²) in [6.45, 7) is 1.78. The number of carbonyl (C=O) groups is 1. The summed E-state index contributed by atoms with van der Waals surface area (Å²) in [7, 11) is 0. The topological polar surface area (TPSA) is 81.3 Å². The number of nitrogens with zero attached hydrogens (tertiary/aromatic N) is 4. The second kappa shape index (κ2) is 8.71. The molecule has 1 aromatic carbocycles. The normalized spacial score (nSPS) is 15.0. The van der Waals surface area contributed by atoms with Crippen LogP contribution in [-0.2, 0) is 11.3 Å². The number of carbonyl (C=O) groups excluding carboxylic acids is 1. The van der Waals surface area contributed by atoms with Gasteiger partial charge in [0.25, 0.3) is 0 Å². The van der Waals surface area contributed by atoms with E-state index in [0.29, 0.717) is 16.6 Å². The summed E-state index contributed by atoms with van der Waals surface area (Å²) in [4.78, 5) is 25.0. The van der Waals surface area contributed by atoms with E-state index >= 15 is 0 Å². The lowest BCUT2D eigenvalue weighted by atomic mass is 10.0. The van der Waals surface area contributed by atoms with Crippen LogP contribution in [0.2, 0.25) is 0 Å². The van der Waals surface area contributed by atoms with Crippen molar-refractivity contribution in [1.29, 1.82) is 0 Å². The molecule has 0 bridgehead atoms. The van der Waals surface area contributed by atoms with Crippen molar-refractivity contribution in [3.63, 3.8) is 0 Å². The summed E-state index contributed by atoms with van der Waals surface area (Å²) in [6, 6.07) is 9.22. The molecule has 1 aliphatic rings. The highest BCUT2D eigenvalue weighted by Gasteiger charge is 2.17. The van der Waals surface area contributed by atoms with Crippen molar-refractivity contribution in [2.75, 3.05) is 5.32 Å². The van der Waals surface area contributed by atoms with Crippen molar-refractivity contribution in [3.05, 3.63) is 50.9 Å². The molecule has 0 aliphatic heterocycles. The molecular formula is C20H22BrN5O2S. The van der Waals surface area contributed by atoms with Crippen LogP contribution in [0, 0.1) is 6.92 Å². The van der Waals surface area contributed by atoms with E-state index in [0.717, 1.165) is 19.7 Å². The van der Waals surface area contributed by atoms with Crippen LogP contribution in [0.25, 0.3) is 5.65 Å². The minimum atomic E-state index is -0.409. The molecule has 7 nitrogen and oxygen atoms in total. The van der Waals surface area contributed by atoms with Crippen LogP contribution >= 0.6 is 27.7 Å². The van der Waals surface area contributed by atoms with Gasteiger partial charge in [0.2, 0.25) is 5.91 Å². The number of hydrogen-bond acceptors (Lipinski definition) is 5. The molecule has 1 N–H and O–H groups in total. The Bertz CT molecular complexity index is 1100. The molecule has 1 saturated carbocycles. The Kier molecular flexibility index (Phi) is 6.05. The van der Waals surface area contributed by atoms with Crippen LogP contribution in [0.3, 0.4) is 0 Å². The van der Waals surface area contributed by atoms with Gasteiger partial charge in [0.1, 0.15) is 11.6 Å². The number of thioether (sulfide) groups is 1. The fraction of sp³-hybridized carbons (Fsp3) is 0.400. The molecule has 0 spiro atoms. The summed E-state index contributed by atoms with van der Waals surface area (Å²) >= 11 is 5.16. The highest BCUT2D eigenvalue weighted by molar-refractivity contribution is 9.10. The van der Waals surface area contributed by atoms with Crippen molar-refractivity contribution in [2.45, 2.75) is 55.8 Å². The van der Waals surface area contributed by atoms with E-state index in [-0.39, 0.29) is 12.5 Å². The minimum Gasteiger partial charge on any atom is -0.324 e. The van der Waals surface area contributed by atoms with E-state index < -0.39 is 5.69 Å². The predicted octanol–water partition coefficient (Wildman–Crippen LogP) is 4.03. The van der Waals surface area contributed by atoms with Gasteiger partial charge in [-0.15, -0.1) is 16.9 Å². The molecule has 0 atom stereocenters. The maximum Gasteiger partial charge on any atom is 0.367 e. The highest BCUT2D eigenvalue weighted by Crippen LogP contribution is 2.32. The van der Waals surface area contributed by atoms with Gasteiger partial charge in [-0.2, -0.15) is 9.61 Å². The lowest BCUT2D eigenvalue weighted by Crippen LogP contribution is -2.29. The van der Waals surface area contributed by atoms with Gasteiger partial charge in [-0.05, 0) is 55.7 Å². The highest BCUT2D eigenvalue weighted by atomic mass is 79.9. The Morgan fingerprint density at radius 3 is 2.76 bits per heavy atom. The van der Waals surface area contributed by atoms with Gasteiger partial charge in [0, 0.05) is 15.4 Å². The zero-order valence-corrected chi connectivity index (χ0v) is 18.5. The minimum absolute atomic E-state index is 0.164. The van der Waals surface area contributed by atoms with Gasteiger partial charge in [-0.3, -0.25) is 4.79 Å². The number of nitrogens with one attached hydrogen (secondary N) is 1. The standard InChI is InChI=1S/C20H22BrN5O2S/c1-13-11-14(7-8-16(13)21)22-18(27)12-25-20(28)26-17(23-25)9-10-19(24-26)29-15-5-3-2-4-6-15/h7-11,15H,2-6,12H2,1H3,(H,22,27). The van der Waals surface area contributed by atoms with Gasteiger partial charge < -0.3 is 5.32 Å². The quantitative estimate of drug-likeness (QED) is 0.602. The van der Waals surface area contributed by atoms with Crippen LogP contribution in [0.5, 0.6) is 0 Å². The molecule has 2 aromatic heterocycles. The summed E-state index contributed by atoms with van der Waals surface area (Å²) in [6.07, 6.45) is 6.19. The van der Waals surface area contributed by atoms with Crippen molar-refractivity contribution in [1.82, 2.24) is 19.4 Å². The number of amides is 1. The number of benzene rings is 1. The Morgan fingerprint density at radius 2 is 2.00 bits per heavy atom. The molecule has 1 fully saturated rings. The molecule has 152 valence electrons. The number of halogens is 1. The van der Waals surface area contributed by atoms with Gasteiger partial charge in [0.05, 0.1) is 0 Å². The van der Waals surface area contributed by atoms with Crippen LogP contribution in [0.4, 0.5) is 5.69 Å². The maximum absolute atomic E-state index is 12.7. The SMILES string of the molecule is Cc1cc(NC(=O)Cn2nc3ccc(SC4CCCCC4)nn3c2=O)ccc1Br. The van der Waals surface area contributed by atoms with Crippen molar-refractivity contribution in [3.8, 4) is 0 Å². The summed E-state index contributed by atoms with van der Waals surface area (Å²) in [5, 5.41) is 12.9. The van der Waals surface area contributed by atoms with Gasteiger partial charge in [-0.25, -0.2) is 9.48 Å². The monoisotopic (exact) mass is 475 g/mol. The Morgan fingerprint density at radius 1 is 1.21 bits per heavy atom. The van der Waals surface area contributed by atoms with Crippen LogP contribution in [0.1, 0.15) is 37.7 Å². The van der Waals surface area contributed by atoms with Crippen LogP contribution < -0.4 is 11.0 Å². The third-order valence-corrected chi connectivity index (χ3v) is 7.14. The number of fused-ring (bicyclic) bond motifs is 1. The lowest BCUT2D eigenvalue weighted by Gasteiger charge is -2.20. The molecule has 1 amide bonds. The Balaban J connectivity index is 1.48. The number of hydrogen-bond donors (Lipinski definition) is 1. The van der Waals surface area contributed by atoms with Crippen molar-refractivity contribution >= 4 is 44.9 Å². The summed E-state index contributed by atoms with van der Waals surface area (Å²) in [5.74, 6) is -0.311. The first-order chi connectivity index (χ1) is 14.0. The fourth-order valence-corrected chi connectivity index (χ4v) is 4.90. The van der Waals surface area contributed by atoms with E-state index in [9.17, 15) is 9.59 Å². The van der Waals surface area contributed by atoms with Gasteiger partial charge in [-0.1, -0.05) is 35.2 Å². The maximum atomic E-state index is 12.7. The van der Waals surface area contributed by atoms with Gasteiger partial charge in [0.15, 0.2) is 5.65 Å². The number of aryl methyl sites for hydroxylation is 1. The largest absolute Gasteiger partial charge is 0.367 e. The summed E-state index contributed by atoms with van der Waals surface area (Å²) in [5.41, 5.74) is 1.72. The molecule has 1 aliphatic carbocycles. The molecule has 0 radical (unpaired) electrons. The Hall–Kier alpha value is -2.13. The first kappa shape index (κ1) is 20.2. The predicted molar refractivity (Wildman–Crippen MR) is 117 cm³/mol. The zero-order chi connectivity index (χ0) is 20.4. The molecule has 2 heterocycles. The van der Waals surface area contributed by atoms with Crippen LogP contribution in [0.15, 0.2) is 44.6 Å². The second-order valence-electron chi connectivity index (χ2n) is 7.27. The molecule has 0 unspecified atom stereocenters. The van der Waals surface area contributed by atoms with E-state index in [2.05, 4.69) is 31.4 Å². The molecule has 0 saturated heterocycles.